The van der Waals surface area contributed by atoms with E-state index in [2.05, 4.69) is 14.8 Å². The second-order valence-electron chi connectivity index (χ2n) is 6.32. The third kappa shape index (κ3) is 3.00. The summed E-state index contributed by atoms with van der Waals surface area (Å²) in [7, 11) is 0. The molecule has 0 radical (unpaired) electrons. The summed E-state index contributed by atoms with van der Waals surface area (Å²) < 4.78 is 0. The predicted octanol–water partition coefficient (Wildman–Crippen LogP) is 1.50. The van der Waals surface area contributed by atoms with Crippen LogP contribution in [0.4, 0.5) is 5.82 Å². The van der Waals surface area contributed by atoms with Crippen molar-refractivity contribution in [3.63, 3.8) is 0 Å². The summed E-state index contributed by atoms with van der Waals surface area (Å²) in [6, 6.07) is 13.0. The number of pyridine rings is 1. The minimum atomic E-state index is -0.173. The molecule has 0 unspecified atom stereocenters. The van der Waals surface area contributed by atoms with E-state index in [4.69, 9.17) is 0 Å². The number of fused-ring (bicyclic) bond motifs is 1. The van der Waals surface area contributed by atoms with Crippen molar-refractivity contribution >= 4 is 17.6 Å². The Labute approximate surface area is 146 Å². The molecule has 1 saturated heterocycles. The molecule has 0 saturated carbocycles. The number of nitrogens with zero attached hydrogens (tertiary/aromatic N) is 4. The highest BCUT2D eigenvalue weighted by atomic mass is 16.2. The van der Waals surface area contributed by atoms with Crippen molar-refractivity contribution in [3.8, 4) is 0 Å². The molecule has 2 aromatic rings. The molecule has 2 amide bonds. The van der Waals surface area contributed by atoms with Crippen molar-refractivity contribution in [2.75, 3.05) is 44.2 Å². The van der Waals surface area contributed by atoms with Gasteiger partial charge in [-0.25, -0.2) is 4.98 Å². The molecule has 128 valence electrons. The lowest BCUT2D eigenvalue weighted by molar-refractivity contribution is 0.0635. The molecule has 1 fully saturated rings. The van der Waals surface area contributed by atoms with Gasteiger partial charge in [-0.05, 0) is 24.3 Å². The smallest absolute Gasteiger partial charge is 0.261 e. The fourth-order valence-electron chi connectivity index (χ4n) is 3.43. The van der Waals surface area contributed by atoms with Crippen LogP contribution in [0.2, 0.25) is 0 Å². The largest absolute Gasteiger partial charge is 0.354 e. The summed E-state index contributed by atoms with van der Waals surface area (Å²) in [5.41, 5.74) is 1.04. The summed E-state index contributed by atoms with van der Waals surface area (Å²) in [4.78, 5) is 35.1. The quantitative estimate of drug-likeness (QED) is 0.792. The molecule has 2 aliphatic heterocycles. The van der Waals surface area contributed by atoms with Crippen LogP contribution >= 0.6 is 0 Å². The number of amides is 2. The Kier molecular flexibility index (Phi) is 4.19. The second kappa shape index (κ2) is 6.64. The summed E-state index contributed by atoms with van der Waals surface area (Å²) in [5, 5.41) is 0. The number of aromatic nitrogens is 1. The SMILES string of the molecule is O=C1c2ccccc2C(=O)N1CCN1CCN(c2ccccn2)CC1. The zero-order chi connectivity index (χ0) is 17.2. The maximum absolute atomic E-state index is 12.4. The molecule has 1 aromatic carbocycles. The Morgan fingerprint density at radius 1 is 0.800 bits per heavy atom. The van der Waals surface area contributed by atoms with Gasteiger partial charge in [0.2, 0.25) is 0 Å². The lowest BCUT2D eigenvalue weighted by Gasteiger charge is -2.35. The average Bonchev–Trinajstić information content (AvgIpc) is 2.92. The molecule has 0 spiro atoms. The van der Waals surface area contributed by atoms with Crippen molar-refractivity contribution < 1.29 is 9.59 Å². The van der Waals surface area contributed by atoms with Crippen LogP contribution in [0.1, 0.15) is 20.7 Å². The fraction of sp³-hybridized carbons (Fsp3) is 0.316. The van der Waals surface area contributed by atoms with Crippen molar-refractivity contribution in [2.45, 2.75) is 0 Å². The number of carbonyl (C=O) groups is 2. The number of anilines is 1. The molecular formula is C19H20N4O2. The Balaban J connectivity index is 1.32. The maximum atomic E-state index is 12.4. The van der Waals surface area contributed by atoms with Crippen molar-refractivity contribution in [1.82, 2.24) is 14.8 Å². The van der Waals surface area contributed by atoms with Gasteiger partial charge in [0, 0.05) is 45.5 Å². The van der Waals surface area contributed by atoms with E-state index < -0.39 is 0 Å². The average molecular weight is 336 g/mol. The minimum absolute atomic E-state index is 0.173. The zero-order valence-electron chi connectivity index (χ0n) is 14.0. The van der Waals surface area contributed by atoms with Crippen molar-refractivity contribution in [1.29, 1.82) is 0 Å². The van der Waals surface area contributed by atoms with Crippen LogP contribution in [0.5, 0.6) is 0 Å². The first-order chi connectivity index (χ1) is 12.2. The monoisotopic (exact) mass is 336 g/mol. The van der Waals surface area contributed by atoms with Gasteiger partial charge in [0.25, 0.3) is 11.8 Å². The number of imide groups is 1. The third-order valence-corrected chi connectivity index (χ3v) is 4.86. The molecule has 25 heavy (non-hydrogen) atoms. The van der Waals surface area contributed by atoms with Crippen LogP contribution in [-0.2, 0) is 0 Å². The molecule has 0 bridgehead atoms. The second-order valence-corrected chi connectivity index (χ2v) is 6.32. The van der Waals surface area contributed by atoms with Gasteiger partial charge < -0.3 is 4.90 Å². The number of rotatable bonds is 4. The lowest BCUT2D eigenvalue weighted by atomic mass is 10.1. The van der Waals surface area contributed by atoms with E-state index in [0.717, 1.165) is 32.0 Å². The molecule has 0 N–H and O–H groups in total. The Morgan fingerprint density at radius 2 is 1.44 bits per heavy atom. The van der Waals surface area contributed by atoms with Gasteiger partial charge >= 0.3 is 0 Å². The number of piperazine rings is 1. The van der Waals surface area contributed by atoms with E-state index >= 15 is 0 Å². The van der Waals surface area contributed by atoms with Crippen LogP contribution in [-0.4, -0.2) is 65.9 Å². The van der Waals surface area contributed by atoms with Crippen LogP contribution in [0.15, 0.2) is 48.7 Å². The van der Waals surface area contributed by atoms with Crippen LogP contribution < -0.4 is 4.90 Å². The Morgan fingerprint density at radius 3 is 2.04 bits per heavy atom. The van der Waals surface area contributed by atoms with Gasteiger partial charge in [0.1, 0.15) is 5.82 Å². The highest BCUT2D eigenvalue weighted by molar-refractivity contribution is 6.21. The summed E-state index contributed by atoms with van der Waals surface area (Å²) >= 11 is 0. The summed E-state index contributed by atoms with van der Waals surface area (Å²) in [6.07, 6.45) is 1.81. The first-order valence-electron chi connectivity index (χ1n) is 8.57. The van der Waals surface area contributed by atoms with Gasteiger partial charge in [0.05, 0.1) is 11.1 Å². The fourth-order valence-corrected chi connectivity index (χ4v) is 3.43. The number of hydrogen-bond donors (Lipinski definition) is 0. The Bertz CT molecular complexity index is 750. The van der Waals surface area contributed by atoms with E-state index in [1.165, 1.54) is 4.90 Å². The molecule has 1 aromatic heterocycles. The highest BCUT2D eigenvalue weighted by Crippen LogP contribution is 2.22. The molecule has 3 heterocycles. The van der Waals surface area contributed by atoms with E-state index in [-0.39, 0.29) is 11.8 Å². The number of hydrogen-bond acceptors (Lipinski definition) is 5. The van der Waals surface area contributed by atoms with Gasteiger partial charge in [-0.2, -0.15) is 0 Å². The van der Waals surface area contributed by atoms with Gasteiger partial charge in [-0.3, -0.25) is 19.4 Å². The number of carbonyl (C=O) groups excluding carboxylic acids is 2. The predicted molar refractivity (Wildman–Crippen MR) is 94.7 cm³/mol. The molecule has 2 aliphatic rings. The van der Waals surface area contributed by atoms with Gasteiger partial charge in [0.15, 0.2) is 0 Å². The molecule has 0 aliphatic carbocycles. The standard InChI is InChI=1S/C19H20N4O2/c24-18-15-5-1-2-6-16(15)19(25)23(18)14-11-21-9-12-22(13-10-21)17-7-3-4-8-20-17/h1-8H,9-14H2. The summed E-state index contributed by atoms with van der Waals surface area (Å²) in [6.45, 7) is 4.76. The summed E-state index contributed by atoms with van der Waals surface area (Å²) in [5.74, 6) is 0.656. The van der Waals surface area contributed by atoms with Crippen molar-refractivity contribution in [3.05, 3.63) is 59.8 Å². The highest BCUT2D eigenvalue weighted by Gasteiger charge is 2.35. The topological polar surface area (TPSA) is 56.8 Å². The molecule has 6 heteroatoms. The normalized spacial score (nSPS) is 17.9. The van der Waals surface area contributed by atoms with Crippen LogP contribution in [0.3, 0.4) is 0 Å². The molecule has 0 atom stereocenters. The Hall–Kier alpha value is -2.73. The molecule has 6 nitrogen and oxygen atoms in total. The first-order valence-corrected chi connectivity index (χ1v) is 8.57. The van der Waals surface area contributed by atoms with Crippen molar-refractivity contribution in [2.24, 2.45) is 0 Å². The van der Waals surface area contributed by atoms with Gasteiger partial charge in [-0.15, -0.1) is 0 Å². The first kappa shape index (κ1) is 15.8. The van der Waals surface area contributed by atoms with Gasteiger partial charge in [-0.1, -0.05) is 18.2 Å². The third-order valence-electron chi connectivity index (χ3n) is 4.86. The van der Waals surface area contributed by atoms with E-state index in [1.807, 2.05) is 24.4 Å². The zero-order valence-corrected chi connectivity index (χ0v) is 14.0. The molecule has 4 rings (SSSR count). The minimum Gasteiger partial charge on any atom is -0.354 e. The lowest BCUT2D eigenvalue weighted by Crippen LogP contribution is -2.49. The maximum Gasteiger partial charge on any atom is 0.261 e. The van der Waals surface area contributed by atoms with Crippen LogP contribution in [0, 0.1) is 0 Å². The van der Waals surface area contributed by atoms with Crippen LogP contribution in [0.25, 0.3) is 0 Å². The van der Waals surface area contributed by atoms with E-state index in [1.54, 1.807) is 24.3 Å². The van der Waals surface area contributed by atoms with E-state index in [9.17, 15) is 9.59 Å². The number of benzene rings is 1. The van der Waals surface area contributed by atoms with E-state index in [0.29, 0.717) is 24.2 Å². The molecular weight excluding hydrogens is 316 g/mol.